The number of hydrogen-bond acceptors (Lipinski definition) is 6. The van der Waals surface area contributed by atoms with E-state index in [2.05, 4.69) is 40.2 Å². The molecule has 0 bridgehead atoms. The summed E-state index contributed by atoms with van der Waals surface area (Å²) in [6, 6.07) is 0.0315. The van der Waals surface area contributed by atoms with E-state index in [4.69, 9.17) is 10.3 Å². The highest BCUT2D eigenvalue weighted by Crippen LogP contribution is 2.32. The van der Waals surface area contributed by atoms with Gasteiger partial charge in [-0.05, 0) is 25.3 Å². The van der Waals surface area contributed by atoms with Crippen LogP contribution in [0.15, 0.2) is 16.9 Å². The smallest absolute Gasteiger partial charge is 0.290 e. The van der Waals surface area contributed by atoms with E-state index in [9.17, 15) is 4.79 Å². The van der Waals surface area contributed by atoms with Crippen LogP contribution in [0.4, 0.5) is 0 Å². The maximum Gasteiger partial charge on any atom is 0.290 e. The molecule has 3 rings (SSSR count). The van der Waals surface area contributed by atoms with Gasteiger partial charge in [-0.2, -0.15) is 10.1 Å². The number of nitrogens with zero attached hydrogens (tertiary/aromatic N) is 5. The van der Waals surface area contributed by atoms with E-state index in [0.29, 0.717) is 11.8 Å². The van der Waals surface area contributed by atoms with Crippen molar-refractivity contribution in [3.8, 4) is 0 Å². The Morgan fingerprint density at radius 1 is 1.52 bits per heavy atom. The lowest BCUT2D eigenvalue weighted by Crippen LogP contribution is -2.23. The van der Waals surface area contributed by atoms with Crippen molar-refractivity contribution in [3.05, 3.63) is 29.7 Å². The second-order valence-electron chi connectivity index (χ2n) is 6.41. The SMILES string of the molecule is CC(C)Cn1cc(CN2CCC[C@@H]2c2nc(C(N)=O)no2)cn1. The summed E-state index contributed by atoms with van der Waals surface area (Å²) in [6.45, 7) is 6.98. The van der Waals surface area contributed by atoms with Crippen molar-refractivity contribution in [2.45, 2.75) is 45.8 Å². The fourth-order valence-corrected chi connectivity index (χ4v) is 2.96. The van der Waals surface area contributed by atoms with Gasteiger partial charge in [-0.1, -0.05) is 19.0 Å². The van der Waals surface area contributed by atoms with Gasteiger partial charge < -0.3 is 10.3 Å². The van der Waals surface area contributed by atoms with Crippen LogP contribution < -0.4 is 5.73 Å². The van der Waals surface area contributed by atoms with Gasteiger partial charge in [0.05, 0.1) is 12.2 Å². The molecule has 2 aromatic heterocycles. The summed E-state index contributed by atoms with van der Waals surface area (Å²) in [5.41, 5.74) is 6.34. The van der Waals surface area contributed by atoms with E-state index in [1.54, 1.807) is 0 Å². The minimum absolute atomic E-state index is 0.0315. The summed E-state index contributed by atoms with van der Waals surface area (Å²) in [7, 11) is 0. The van der Waals surface area contributed by atoms with Crippen LogP contribution in [0.1, 0.15) is 54.8 Å². The number of rotatable bonds is 6. The minimum atomic E-state index is -0.667. The zero-order valence-corrected chi connectivity index (χ0v) is 13.5. The van der Waals surface area contributed by atoms with Crippen molar-refractivity contribution in [2.24, 2.45) is 11.7 Å². The third kappa shape index (κ3) is 3.58. The highest BCUT2D eigenvalue weighted by Gasteiger charge is 2.31. The third-order valence-electron chi connectivity index (χ3n) is 3.94. The van der Waals surface area contributed by atoms with Crippen LogP contribution in [0.5, 0.6) is 0 Å². The van der Waals surface area contributed by atoms with Crippen molar-refractivity contribution in [1.82, 2.24) is 24.8 Å². The van der Waals surface area contributed by atoms with Crippen LogP contribution in [0.3, 0.4) is 0 Å². The molecule has 23 heavy (non-hydrogen) atoms. The summed E-state index contributed by atoms with van der Waals surface area (Å²) in [6.07, 6.45) is 5.97. The average Bonchev–Trinajstić information content (AvgIpc) is 3.18. The van der Waals surface area contributed by atoms with Gasteiger partial charge in [0.2, 0.25) is 5.89 Å². The molecule has 8 nitrogen and oxygen atoms in total. The predicted octanol–water partition coefficient (Wildman–Crippen LogP) is 1.36. The predicted molar refractivity (Wildman–Crippen MR) is 82.3 cm³/mol. The van der Waals surface area contributed by atoms with Crippen LogP contribution in [0.25, 0.3) is 0 Å². The summed E-state index contributed by atoms with van der Waals surface area (Å²) >= 11 is 0. The Hall–Kier alpha value is -2.22. The monoisotopic (exact) mass is 318 g/mol. The van der Waals surface area contributed by atoms with Crippen LogP contribution >= 0.6 is 0 Å². The number of nitrogens with two attached hydrogens (primary N) is 1. The largest absolute Gasteiger partial charge is 0.363 e. The summed E-state index contributed by atoms with van der Waals surface area (Å²) in [4.78, 5) is 17.5. The van der Waals surface area contributed by atoms with E-state index in [0.717, 1.165) is 38.0 Å². The third-order valence-corrected chi connectivity index (χ3v) is 3.94. The maximum atomic E-state index is 11.1. The van der Waals surface area contributed by atoms with Gasteiger partial charge in [0, 0.05) is 24.8 Å². The Kier molecular flexibility index (Phi) is 4.42. The number of carbonyl (C=O) groups excluding carboxylic acids is 1. The molecular formula is C15H22N6O2. The molecule has 0 saturated carbocycles. The number of amides is 1. The van der Waals surface area contributed by atoms with E-state index >= 15 is 0 Å². The molecule has 1 aliphatic rings. The van der Waals surface area contributed by atoms with Crippen LogP contribution in [0, 0.1) is 5.92 Å². The molecule has 3 heterocycles. The number of carbonyl (C=O) groups is 1. The second-order valence-corrected chi connectivity index (χ2v) is 6.41. The highest BCUT2D eigenvalue weighted by molar-refractivity contribution is 5.88. The molecule has 2 aromatic rings. The molecule has 2 N–H and O–H groups in total. The van der Waals surface area contributed by atoms with Gasteiger partial charge in [-0.25, -0.2) is 0 Å². The first-order valence-corrected chi connectivity index (χ1v) is 7.91. The fourth-order valence-electron chi connectivity index (χ4n) is 2.96. The maximum absolute atomic E-state index is 11.1. The van der Waals surface area contributed by atoms with Crippen molar-refractivity contribution in [1.29, 1.82) is 0 Å². The van der Waals surface area contributed by atoms with Crippen LogP contribution in [0.2, 0.25) is 0 Å². The molecule has 1 saturated heterocycles. The zero-order valence-electron chi connectivity index (χ0n) is 13.5. The summed E-state index contributed by atoms with van der Waals surface area (Å²) < 4.78 is 7.19. The van der Waals surface area contributed by atoms with Crippen molar-refractivity contribution < 1.29 is 9.32 Å². The molecular weight excluding hydrogens is 296 g/mol. The van der Waals surface area contributed by atoms with Gasteiger partial charge >= 0.3 is 0 Å². The molecule has 8 heteroatoms. The van der Waals surface area contributed by atoms with Gasteiger partial charge in [0.15, 0.2) is 0 Å². The van der Waals surface area contributed by atoms with Crippen molar-refractivity contribution in [3.63, 3.8) is 0 Å². The highest BCUT2D eigenvalue weighted by atomic mass is 16.5. The fraction of sp³-hybridized carbons (Fsp3) is 0.600. The molecule has 0 aromatic carbocycles. The zero-order chi connectivity index (χ0) is 16.4. The number of primary amides is 1. The standard InChI is InChI=1S/C15H22N6O2/c1-10(2)7-21-9-11(6-17-21)8-20-5-3-4-12(20)15-18-14(13(16)22)19-23-15/h6,9-10,12H,3-5,7-8H2,1-2H3,(H2,16,22)/t12-/m1/s1. The molecule has 0 radical (unpaired) electrons. The lowest BCUT2D eigenvalue weighted by atomic mass is 10.2. The lowest BCUT2D eigenvalue weighted by molar-refractivity contribution is 0.0987. The van der Waals surface area contributed by atoms with Crippen molar-refractivity contribution >= 4 is 5.91 Å². The molecule has 1 fully saturated rings. The number of hydrogen-bond donors (Lipinski definition) is 1. The molecule has 1 atom stereocenters. The Bertz CT molecular complexity index is 677. The molecule has 1 amide bonds. The second kappa shape index (κ2) is 6.49. The Morgan fingerprint density at radius 3 is 3.04 bits per heavy atom. The molecule has 0 unspecified atom stereocenters. The topological polar surface area (TPSA) is 103 Å². The molecule has 0 aliphatic carbocycles. The number of aromatic nitrogens is 4. The molecule has 124 valence electrons. The van der Waals surface area contributed by atoms with E-state index < -0.39 is 5.91 Å². The normalized spacial score (nSPS) is 18.8. The van der Waals surface area contributed by atoms with Gasteiger partial charge in [0.25, 0.3) is 11.7 Å². The number of likely N-dealkylation sites (tertiary alicyclic amines) is 1. The van der Waals surface area contributed by atoms with E-state index in [1.807, 2.05) is 10.9 Å². The van der Waals surface area contributed by atoms with Gasteiger partial charge in [-0.3, -0.25) is 14.4 Å². The Balaban J connectivity index is 1.69. The van der Waals surface area contributed by atoms with E-state index in [1.165, 1.54) is 0 Å². The van der Waals surface area contributed by atoms with E-state index in [-0.39, 0.29) is 11.9 Å². The van der Waals surface area contributed by atoms with Crippen LogP contribution in [-0.4, -0.2) is 37.3 Å². The quantitative estimate of drug-likeness (QED) is 0.862. The summed E-state index contributed by atoms with van der Waals surface area (Å²) in [5, 5.41) is 8.04. The Morgan fingerprint density at radius 2 is 2.35 bits per heavy atom. The first-order chi connectivity index (χ1) is 11.0. The molecule has 1 aliphatic heterocycles. The molecule has 0 spiro atoms. The van der Waals surface area contributed by atoms with Crippen molar-refractivity contribution in [2.75, 3.05) is 6.54 Å². The Labute approximate surface area is 134 Å². The summed E-state index contributed by atoms with van der Waals surface area (Å²) in [5.74, 6) is 0.301. The van der Waals surface area contributed by atoms with Crippen LogP contribution in [-0.2, 0) is 13.1 Å². The minimum Gasteiger partial charge on any atom is -0.363 e. The average molecular weight is 318 g/mol. The first-order valence-electron chi connectivity index (χ1n) is 7.91. The van der Waals surface area contributed by atoms with Gasteiger partial charge in [-0.15, -0.1) is 0 Å². The van der Waals surface area contributed by atoms with Gasteiger partial charge in [0.1, 0.15) is 0 Å². The lowest BCUT2D eigenvalue weighted by Gasteiger charge is -2.20. The first kappa shape index (κ1) is 15.7.